The van der Waals surface area contributed by atoms with Crippen LogP contribution < -0.4 is 10.0 Å². The first-order chi connectivity index (χ1) is 14.3. The third kappa shape index (κ3) is 5.10. The number of nitrogens with zero attached hydrogens (tertiary/aromatic N) is 1. The standard InChI is InChI=1S/C18H22F3N3O5S2/c1-2-30(26,27)22-11-13-7-10-24(12-13)31(28,29)15-5-3-14(4-6-15)16(25)23-17(8-9-17)18(19,20)21/h2-6,13,22H,1,7-12H2,(H,23,25). The van der Waals surface area contributed by atoms with Crippen LogP contribution in [0.15, 0.2) is 41.1 Å². The SMILES string of the molecule is C=CS(=O)(=O)NCC1CCN(S(=O)(=O)c2ccc(C(=O)NC3(C(F)(F)F)CC3)cc2)C1. The minimum absolute atomic E-state index is 0.0699. The summed E-state index contributed by atoms with van der Waals surface area (Å²) in [6.45, 7) is 3.56. The fourth-order valence-corrected chi connectivity index (χ4v) is 5.41. The lowest BCUT2D eigenvalue weighted by atomic mass is 10.1. The summed E-state index contributed by atoms with van der Waals surface area (Å²) in [5.41, 5.74) is -2.28. The lowest BCUT2D eigenvalue weighted by Gasteiger charge is -2.21. The number of carbonyl (C=O) groups excluding carboxylic acids is 1. The summed E-state index contributed by atoms with van der Waals surface area (Å²) in [4.78, 5) is 12.0. The average Bonchev–Trinajstić information content (AvgIpc) is 3.34. The highest BCUT2D eigenvalue weighted by atomic mass is 32.2. The van der Waals surface area contributed by atoms with Gasteiger partial charge in [0.1, 0.15) is 5.54 Å². The zero-order valence-electron chi connectivity index (χ0n) is 16.4. The van der Waals surface area contributed by atoms with E-state index < -0.39 is 37.7 Å². The molecular weight excluding hydrogens is 459 g/mol. The van der Waals surface area contributed by atoms with Crippen molar-refractivity contribution >= 4 is 26.0 Å². The molecule has 1 aromatic carbocycles. The Morgan fingerprint density at radius 1 is 1.19 bits per heavy atom. The van der Waals surface area contributed by atoms with Gasteiger partial charge in [0.05, 0.1) is 4.90 Å². The molecule has 31 heavy (non-hydrogen) atoms. The summed E-state index contributed by atoms with van der Waals surface area (Å²) >= 11 is 0. The number of hydrogen-bond acceptors (Lipinski definition) is 5. The summed E-state index contributed by atoms with van der Waals surface area (Å²) in [5, 5.41) is 2.76. The lowest BCUT2D eigenvalue weighted by Crippen LogP contribution is -2.47. The van der Waals surface area contributed by atoms with Crippen LogP contribution in [0.25, 0.3) is 0 Å². The second-order valence-electron chi connectivity index (χ2n) is 7.64. The zero-order valence-corrected chi connectivity index (χ0v) is 18.0. The van der Waals surface area contributed by atoms with Gasteiger partial charge in [-0.1, -0.05) is 6.58 Å². The Bertz CT molecular complexity index is 1070. The Morgan fingerprint density at radius 3 is 2.32 bits per heavy atom. The Kier molecular flexibility index (Phi) is 6.26. The van der Waals surface area contributed by atoms with E-state index in [1.54, 1.807) is 0 Å². The normalized spacial score (nSPS) is 21.6. The molecule has 0 bridgehead atoms. The van der Waals surface area contributed by atoms with E-state index in [0.717, 1.165) is 5.41 Å². The molecule has 3 rings (SSSR count). The van der Waals surface area contributed by atoms with E-state index in [2.05, 4.69) is 11.3 Å². The Hall–Kier alpha value is -1.96. The van der Waals surface area contributed by atoms with Gasteiger partial charge in [-0.05, 0) is 49.4 Å². The molecule has 1 aliphatic carbocycles. The van der Waals surface area contributed by atoms with Crippen molar-refractivity contribution in [2.75, 3.05) is 19.6 Å². The number of rotatable bonds is 8. The summed E-state index contributed by atoms with van der Waals surface area (Å²) in [6, 6.07) is 4.68. The molecule has 1 atom stereocenters. The highest BCUT2D eigenvalue weighted by Crippen LogP contribution is 2.49. The number of alkyl halides is 3. The van der Waals surface area contributed by atoms with Crippen LogP contribution in [0.3, 0.4) is 0 Å². The molecule has 1 aromatic rings. The molecule has 172 valence electrons. The van der Waals surface area contributed by atoms with Crippen molar-refractivity contribution in [1.82, 2.24) is 14.3 Å². The minimum Gasteiger partial charge on any atom is -0.338 e. The maximum atomic E-state index is 13.0. The van der Waals surface area contributed by atoms with Gasteiger partial charge in [-0.15, -0.1) is 0 Å². The molecule has 2 aliphatic rings. The van der Waals surface area contributed by atoms with Gasteiger partial charge in [-0.25, -0.2) is 21.6 Å². The molecule has 1 saturated heterocycles. The topological polar surface area (TPSA) is 113 Å². The van der Waals surface area contributed by atoms with Crippen molar-refractivity contribution in [1.29, 1.82) is 0 Å². The fraction of sp³-hybridized carbons (Fsp3) is 0.500. The van der Waals surface area contributed by atoms with Gasteiger partial charge < -0.3 is 5.32 Å². The summed E-state index contributed by atoms with van der Waals surface area (Å²) in [5.74, 6) is -1.14. The number of carbonyl (C=O) groups is 1. The molecule has 1 aliphatic heterocycles. The summed E-state index contributed by atoms with van der Waals surface area (Å²) < 4.78 is 91.0. The van der Waals surface area contributed by atoms with Crippen LogP contribution in [-0.2, 0) is 20.0 Å². The molecule has 2 N–H and O–H groups in total. The van der Waals surface area contributed by atoms with E-state index in [-0.39, 0.29) is 48.9 Å². The highest BCUT2D eigenvalue weighted by Gasteiger charge is 2.64. The van der Waals surface area contributed by atoms with E-state index in [4.69, 9.17) is 0 Å². The molecular formula is C18H22F3N3O5S2. The molecule has 1 saturated carbocycles. The summed E-state index contributed by atoms with van der Waals surface area (Å²) in [7, 11) is -7.50. The Labute approximate surface area is 178 Å². The van der Waals surface area contributed by atoms with Crippen LogP contribution in [0.5, 0.6) is 0 Å². The largest absolute Gasteiger partial charge is 0.411 e. The Morgan fingerprint density at radius 2 is 1.81 bits per heavy atom. The second kappa shape index (κ2) is 8.19. The third-order valence-corrected chi connectivity index (χ3v) is 8.33. The van der Waals surface area contributed by atoms with Gasteiger partial charge in [-0.2, -0.15) is 17.5 Å². The van der Waals surface area contributed by atoms with Crippen molar-refractivity contribution in [2.45, 2.75) is 35.9 Å². The first-order valence-corrected chi connectivity index (χ1v) is 12.4. The number of hydrogen-bond donors (Lipinski definition) is 2. The van der Waals surface area contributed by atoms with E-state index in [0.29, 0.717) is 6.42 Å². The molecule has 8 nitrogen and oxygen atoms in total. The zero-order chi connectivity index (χ0) is 23.1. The second-order valence-corrected chi connectivity index (χ2v) is 11.3. The summed E-state index contributed by atoms with van der Waals surface area (Å²) in [6.07, 6.45) is -4.46. The minimum atomic E-state index is -4.54. The molecule has 0 aromatic heterocycles. The number of nitrogens with one attached hydrogen (secondary N) is 2. The molecule has 0 radical (unpaired) electrons. The van der Waals surface area contributed by atoms with Gasteiger partial charge in [0.25, 0.3) is 5.91 Å². The predicted molar refractivity (Wildman–Crippen MR) is 106 cm³/mol. The average molecular weight is 482 g/mol. The lowest BCUT2D eigenvalue weighted by molar-refractivity contribution is -0.163. The molecule has 1 amide bonds. The van der Waals surface area contributed by atoms with Crippen LogP contribution >= 0.6 is 0 Å². The van der Waals surface area contributed by atoms with Crippen molar-refractivity contribution in [3.8, 4) is 0 Å². The number of halogens is 3. The highest BCUT2D eigenvalue weighted by molar-refractivity contribution is 7.92. The van der Waals surface area contributed by atoms with E-state index >= 15 is 0 Å². The third-order valence-electron chi connectivity index (χ3n) is 5.44. The van der Waals surface area contributed by atoms with Crippen LogP contribution in [0.4, 0.5) is 13.2 Å². The molecule has 13 heteroatoms. The van der Waals surface area contributed by atoms with Gasteiger partial charge in [-0.3, -0.25) is 4.79 Å². The van der Waals surface area contributed by atoms with Crippen molar-refractivity contribution in [3.63, 3.8) is 0 Å². The molecule has 1 unspecified atom stereocenters. The maximum absolute atomic E-state index is 13.0. The maximum Gasteiger partial charge on any atom is 0.411 e. The van der Waals surface area contributed by atoms with Gasteiger partial charge in [0.15, 0.2) is 0 Å². The predicted octanol–water partition coefficient (Wildman–Crippen LogP) is 1.58. The molecule has 2 fully saturated rings. The van der Waals surface area contributed by atoms with Crippen LogP contribution in [0.2, 0.25) is 0 Å². The van der Waals surface area contributed by atoms with E-state index in [1.165, 1.54) is 28.6 Å². The first-order valence-electron chi connectivity index (χ1n) is 9.41. The first kappa shape index (κ1) is 23.7. The van der Waals surface area contributed by atoms with Crippen LogP contribution in [-0.4, -0.2) is 58.4 Å². The van der Waals surface area contributed by atoms with Crippen molar-refractivity contribution in [3.05, 3.63) is 41.8 Å². The number of sulfonamides is 2. The fourth-order valence-electron chi connectivity index (χ4n) is 3.30. The smallest absolute Gasteiger partial charge is 0.338 e. The van der Waals surface area contributed by atoms with E-state index in [1.807, 2.05) is 5.32 Å². The van der Waals surface area contributed by atoms with Crippen molar-refractivity contribution in [2.24, 2.45) is 5.92 Å². The van der Waals surface area contributed by atoms with Gasteiger partial charge >= 0.3 is 6.18 Å². The molecule has 1 heterocycles. The van der Waals surface area contributed by atoms with Crippen LogP contribution in [0.1, 0.15) is 29.6 Å². The van der Waals surface area contributed by atoms with Crippen LogP contribution in [0, 0.1) is 5.92 Å². The van der Waals surface area contributed by atoms with Gasteiger partial charge in [0.2, 0.25) is 20.0 Å². The monoisotopic (exact) mass is 481 g/mol. The quantitative estimate of drug-likeness (QED) is 0.586. The van der Waals surface area contributed by atoms with Gasteiger partial charge in [0, 0.05) is 30.6 Å². The Balaban J connectivity index is 1.64. The number of amides is 1. The van der Waals surface area contributed by atoms with Crippen molar-refractivity contribution < 1.29 is 34.8 Å². The molecule has 0 spiro atoms. The number of benzene rings is 1. The van der Waals surface area contributed by atoms with E-state index in [9.17, 15) is 34.8 Å².